The van der Waals surface area contributed by atoms with Crippen molar-refractivity contribution in [1.29, 1.82) is 0 Å². The molecule has 0 radical (unpaired) electrons. The Bertz CT molecular complexity index is 591. The van der Waals surface area contributed by atoms with Gasteiger partial charge in [-0.15, -0.1) is 0 Å². The summed E-state index contributed by atoms with van der Waals surface area (Å²) in [6.45, 7) is 5.82. The van der Waals surface area contributed by atoms with Gasteiger partial charge in [0, 0.05) is 6.42 Å². The predicted molar refractivity (Wildman–Crippen MR) is 84.9 cm³/mol. The van der Waals surface area contributed by atoms with Crippen LogP contribution in [0.5, 0.6) is 0 Å². The van der Waals surface area contributed by atoms with Gasteiger partial charge in [-0.3, -0.25) is 20.4 Å². The van der Waals surface area contributed by atoms with Crippen molar-refractivity contribution in [3.8, 4) is 0 Å². The molecule has 1 aromatic rings. The van der Waals surface area contributed by atoms with Gasteiger partial charge in [-0.1, -0.05) is 32.0 Å². The summed E-state index contributed by atoms with van der Waals surface area (Å²) in [4.78, 5) is 23.8. The molecule has 2 N–H and O–H groups in total. The Hall–Kier alpha value is -2.30. The minimum absolute atomic E-state index is 0.0300. The van der Waals surface area contributed by atoms with E-state index in [0.717, 1.165) is 17.7 Å². The van der Waals surface area contributed by atoms with Crippen LogP contribution < -0.4 is 10.9 Å². The Morgan fingerprint density at radius 3 is 2.55 bits per heavy atom. The number of amides is 1. The zero-order chi connectivity index (χ0) is 16.2. The van der Waals surface area contributed by atoms with E-state index in [9.17, 15) is 9.59 Å². The number of benzene rings is 1. The minimum Gasteiger partial charge on any atom is -0.480 e. The quantitative estimate of drug-likeness (QED) is 0.821. The summed E-state index contributed by atoms with van der Waals surface area (Å²) in [5.41, 5.74) is 6.97. The molecule has 0 spiro atoms. The van der Waals surface area contributed by atoms with Gasteiger partial charge in [0.05, 0.1) is 5.69 Å². The van der Waals surface area contributed by atoms with Gasteiger partial charge < -0.3 is 4.74 Å². The molecule has 0 heterocycles. The third-order valence-electron chi connectivity index (χ3n) is 3.49. The van der Waals surface area contributed by atoms with Crippen LogP contribution in [0.1, 0.15) is 33.6 Å². The molecule has 0 unspecified atom stereocenters. The van der Waals surface area contributed by atoms with E-state index in [2.05, 4.69) is 24.7 Å². The molecule has 0 atom stereocenters. The number of ketones is 1. The van der Waals surface area contributed by atoms with Crippen molar-refractivity contribution in [3.63, 3.8) is 0 Å². The average Bonchev–Trinajstić information content (AvgIpc) is 2.44. The van der Waals surface area contributed by atoms with Crippen molar-refractivity contribution >= 4 is 17.4 Å². The minimum atomic E-state index is -0.332. The fraction of sp³-hybridized carbons (Fsp3) is 0.412. The number of Topliss-reactive ketones (excluding diaryl/α,β-unsaturated/α-hetero) is 1. The highest BCUT2D eigenvalue weighted by atomic mass is 16.5. The van der Waals surface area contributed by atoms with Gasteiger partial charge in [0.25, 0.3) is 5.91 Å². The zero-order valence-corrected chi connectivity index (χ0v) is 13.2. The molecular weight excluding hydrogens is 280 g/mol. The molecule has 5 heteroatoms. The second kappa shape index (κ2) is 6.64. The first-order valence-electron chi connectivity index (χ1n) is 7.33. The molecular formula is C17H22N2O3. The number of carbonyl (C=O) groups is 2. The number of hydrogen-bond donors (Lipinski definition) is 2. The smallest absolute Gasteiger partial charge is 0.276 e. The molecule has 5 nitrogen and oxygen atoms in total. The van der Waals surface area contributed by atoms with Crippen LogP contribution in [0.4, 0.5) is 5.69 Å². The summed E-state index contributed by atoms with van der Waals surface area (Å²) in [6.07, 6.45) is 1.25. The van der Waals surface area contributed by atoms with Crippen LogP contribution in [0.2, 0.25) is 0 Å². The van der Waals surface area contributed by atoms with Gasteiger partial charge in [0.1, 0.15) is 0 Å². The van der Waals surface area contributed by atoms with Crippen molar-refractivity contribution in [2.45, 2.75) is 33.6 Å². The lowest BCUT2D eigenvalue weighted by molar-refractivity contribution is -0.127. The number of hydrogen-bond acceptors (Lipinski definition) is 4. The number of rotatable bonds is 5. The van der Waals surface area contributed by atoms with E-state index in [1.807, 2.05) is 37.3 Å². The summed E-state index contributed by atoms with van der Waals surface area (Å²) < 4.78 is 5.43. The molecule has 118 valence electrons. The van der Waals surface area contributed by atoms with Gasteiger partial charge in [-0.05, 0) is 36.5 Å². The fourth-order valence-corrected chi connectivity index (χ4v) is 2.65. The maximum Gasteiger partial charge on any atom is 0.276 e. The summed E-state index contributed by atoms with van der Waals surface area (Å²) in [7, 11) is 0. The normalized spacial score (nSPS) is 17.1. The lowest BCUT2D eigenvalue weighted by Gasteiger charge is -2.30. The number of ether oxygens (including phenoxy) is 1. The topological polar surface area (TPSA) is 67.4 Å². The Balaban J connectivity index is 1.85. The Labute approximate surface area is 130 Å². The van der Waals surface area contributed by atoms with Crippen LogP contribution in [0.15, 0.2) is 41.7 Å². The molecule has 2 rings (SSSR count). The number of carbonyl (C=O) groups excluding carboxylic acids is 2. The first kappa shape index (κ1) is 16.1. The molecule has 1 amide bonds. The number of nitrogens with one attached hydrogen (secondary N) is 2. The second-order valence-corrected chi connectivity index (χ2v) is 6.38. The number of allylic oxidation sites excluding steroid dienone is 2. The van der Waals surface area contributed by atoms with Gasteiger partial charge >= 0.3 is 0 Å². The maximum atomic E-state index is 12.1. The lowest BCUT2D eigenvalue weighted by Crippen LogP contribution is -2.34. The van der Waals surface area contributed by atoms with E-state index < -0.39 is 0 Å². The number of para-hydroxylation sites is 1. The Morgan fingerprint density at radius 1 is 1.23 bits per heavy atom. The molecule has 0 saturated carbocycles. The highest BCUT2D eigenvalue weighted by Gasteiger charge is 2.32. The van der Waals surface area contributed by atoms with E-state index in [0.29, 0.717) is 12.2 Å². The number of anilines is 1. The number of hydrazine groups is 1. The summed E-state index contributed by atoms with van der Waals surface area (Å²) in [6, 6.07) is 9.28. The first-order valence-corrected chi connectivity index (χ1v) is 7.33. The van der Waals surface area contributed by atoms with Crippen LogP contribution in [-0.2, 0) is 14.3 Å². The third kappa shape index (κ3) is 4.35. The molecule has 22 heavy (non-hydrogen) atoms. The van der Waals surface area contributed by atoms with E-state index >= 15 is 0 Å². The van der Waals surface area contributed by atoms with Crippen LogP contribution >= 0.6 is 0 Å². The van der Waals surface area contributed by atoms with Gasteiger partial charge in [0.2, 0.25) is 0 Å². The zero-order valence-electron chi connectivity index (χ0n) is 13.2. The monoisotopic (exact) mass is 302 g/mol. The van der Waals surface area contributed by atoms with Crippen molar-refractivity contribution in [1.82, 2.24) is 5.43 Å². The SMILES string of the molecule is CC1=C(OCC(=O)NNc2ccccc2)C(=O)CC(C)(C)C1. The van der Waals surface area contributed by atoms with Crippen molar-refractivity contribution in [2.24, 2.45) is 5.41 Å². The Morgan fingerprint density at radius 2 is 1.91 bits per heavy atom. The molecule has 0 fully saturated rings. The van der Waals surface area contributed by atoms with Crippen molar-refractivity contribution in [3.05, 3.63) is 41.7 Å². The van der Waals surface area contributed by atoms with Crippen LogP contribution in [-0.4, -0.2) is 18.3 Å². The summed E-state index contributed by atoms with van der Waals surface area (Å²) in [5, 5.41) is 0. The van der Waals surface area contributed by atoms with Crippen molar-refractivity contribution in [2.75, 3.05) is 12.0 Å². The molecule has 1 aliphatic carbocycles. The van der Waals surface area contributed by atoms with Crippen molar-refractivity contribution < 1.29 is 14.3 Å². The molecule has 0 aliphatic heterocycles. The molecule has 0 bridgehead atoms. The van der Waals surface area contributed by atoms with E-state index in [1.54, 1.807) is 0 Å². The predicted octanol–water partition coefficient (Wildman–Crippen LogP) is 2.81. The van der Waals surface area contributed by atoms with Gasteiger partial charge in [-0.25, -0.2) is 0 Å². The second-order valence-electron chi connectivity index (χ2n) is 6.38. The highest BCUT2D eigenvalue weighted by molar-refractivity contribution is 5.96. The standard InChI is InChI=1S/C17H22N2O3/c1-12-9-17(2,3)10-14(20)16(12)22-11-15(21)19-18-13-7-5-4-6-8-13/h4-8,18H,9-11H2,1-3H3,(H,19,21). The fourth-order valence-electron chi connectivity index (χ4n) is 2.65. The highest BCUT2D eigenvalue weighted by Crippen LogP contribution is 2.36. The summed E-state index contributed by atoms with van der Waals surface area (Å²) in [5.74, 6) is -0.0199. The van der Waals surface area contributed by atoms with Crippen LogP contribution in [0, 0.1) is 5.41 Å². The molecule has 0 saturated heterocycles. The van der Waals surface area contributed by atoms with Crippen LogP contribution in [0.25, 0.3) is 0 Å². The van der Waals surface area contributed by atoms with E-state index in [-0.39, 0.29) is 23.7 Å². The largest absolute Gasteiger partial charge is 0.480 e. The van der Waals surface area contributed by atoms with Gasteiger partial charge in [-0.2, -0.15) is 0 Å². The van der Waals surface area contributed by atoms with Crippen LogP contribution in [0.3, 0.4) is 0 Å². The lowest BCUT2D eigenvalue weighted by atomic mass is 9.76. The van der Waals surface area contributed by atoms with E-state index in [4.69, 9.17) is 4.74 Å². The molecule has 1 aliphatic rings. The Kier molecular flexibility index (Phi) is 4.85. The van der Waals surface area contributed by atoms with Gasteiger partial charge in [0.15, 0.2) is 18.1 Å². The maximum absolute atomic E-state index is 12.1. The average molecular weight is 302 g/mol. The third-order valence-corrected chi connectivity index (χ3v) is 3.49. The molecule has 1 aromatic carbocycles. The summed E-state index contributed by atoms with van der Waals surface area (Å²) >= 11 is 0. The molecule has 0 aromatic heterocycles. The van der Waals surface area contributed by atoms with E-state index in [1.165, 1.54) is 0 Å². The first-order chi connectivity index (χ1) is 10.4.